The van der Waals surface area contributed by atoms with E-state index in [-0.39, 0.29) is 5.82 Å². The molecule has 1 aromatic heterocycles. The molecule has 0 aliphatic rings. The maximum Gasteiger partial charge on any atom is 0.137 e. The first-order chi connectivity index (χ1) is 8.97. The number of nitrogens with zero attached hydrogens (tertiary/aromatic N) is 1. The van der Waals surface area contributed by atoms with Gasteiger partial charge in [-0.05, 0) is 50.1 Å². The molecule has 0 aliphatic carbocycles. The summed E-state index contributed by atoms with van der Waals surface area (Å²) in [6.07, 6.45) is -0.705. The number of aryl methyl sites for hydroxylation is 2. The van der Waals surface area contributed by atoms with E-state index < -0.39 is 6.10 Å². The zero-order valence-corrected chi connectivity index (χ0v) is 12.0. The van der Waals surface area contributed by atoms with Crippen molar-refractivity contribution in [3.63, 3.8) is 0 Å². The smallest absolute Gasteiger partial charge is 0.137 e. The molecule has 1 aromatic carbocycles. The van der Waals surface area contributed by atoms with Crippen LogP contribution in [0.1, 0.15) is 29.8 Å². The van der Waals surface area contributed by atoms with Gasteiger partial charge >= 0.3 is 0 Å². The third kappa shape index (κ3) is 3.33. The van der Waals surface area contributed by atoms with Crippen molar-refractivity contribution < 1.29 is 9.50 Å². The number of benzene rings is 1. The molecule has 0 amide bonds. The van der Waals surface area contributed by atoms with Crippen LogP contribution in [0.15, 0.2) is 40.3 Å². The largest absolute Gasteiger partial charge is 0.389 e. The van der Waals surface area contributed by atoms with Crippen LogP contribution in [0.2, 0.25) is 0 Å². The number of aromatic nitrogens is 1. The Morgan fingerprint density at radius 3 is 2.63 bits per heavy atom. The lowest BCUT2D eigenvalue weighted by atomic mass is 10.1. The van der Waals surface area contributed by atoms with Gasteiger partial charge < -0.3 is 5.11 Å². The van der Waals surface area contributed by atoms with E-state index in [1.54, 1.807) is 19.1 Å². The molecule has 1 atom stereocenters. The fourth-order valence-corrected chi connectivity index (χ4v) is 3.09. The summed E-state index contributed by atoms with van der Waals surface area (Å²) in [5, 5.41) is 10.5. The number of aliphatic hydroxyl groups is 1. The predicted molar refractivity (Wildman–Crippen MR) is 74.9 cm³/mol. The lowest BCUT2D eigenvalue weighted by Crippen LogP contribution is -1.97. The second-order valence-corrected chi connectivity index (χ2v) is 5.59. The van der Waals surface area contributed by atoms with E-state index in [2.05, 4.69) is 4.98 Å². The minimum absolute atomic E-state index is 0.329. The minimum atomic E-state index is -0.705. The molecule has 2 rings (SSSR count). The van der Waals surface area contributed by atoms with E-state index in [1.807, 2.05) is 26.0 Å². The summed E-state index contributed by atoms with van der Waals surface area (Å²) < 4.78 is 13.9. The fraction of sp³-hybridized carbons (Fsp3) is 0.267. The van der Waals surface area contributed by atoms with E-state index in [4.69, 9.17) is 0 Å². The van der Waals surface area contributed by atoms with Crippen molar-refractivity contribution >= 4 is 11.8 Å². The van der Waals surface area contributed by atoms with E-state index in [1.165, 1.54) is 17.8 Å². The van der Waals surface area contributed by atoms with Crippen LogP contribution < -0.4 is 0 Å². The zero-order chi connectivity index (χ0) is 14.0. The molecule has 1 N–H and O–H groups in total. The van der Waals surface area contributed by atoms with Crippen molar-refractivity contribution in [2.45, 2.75) is 36.8 Å². The Hall–Kier alpha value is -1.39. The molecular weight excluding hydrogens is 261 g/mol. The van der Waals surface area contributed by atoms with Crippen LogP contribution in [0.25, 0.3) is 0 Å². The first-order valence-electron chi connectivity index (χ1n) is 6.07. The second-order valence-electron chi connectivity index (χ2n) is 4.56. The molecule has 0 bridgehead atoms. The summed E-state index contributed by atoms with van der Waals surface area (Å²) in [6.45, 7) is 5.53. The molecule has 19 heavy (non-hydrogen) atoms. The standard InChI is InChI=1S/C15H16FNOS/c1-9-7-10(2)17-14(8-9)19-15-12(11(3)18)5-4-6-13(15)16/h4-8,11,18H,1-3H3/t11-/m0/s1. The minimum Gasteiger partial charge on any atom is -0.389 e. The highest BCUT2D eigenvalue weighted by Crippen LogP contribution is 2.34. The van der Waals surface area contributed by atoms with Crippen molar-refractivity contribution in [3.05, 3.63) is 53.0 Å². The quantitative estimate of drug-likeness (QED) is 0.919. The van der Waals surface area contributed by atoms with Gasteiger partial charge in [-0.25, -0.2) is 9.37 Å². The van der Waals surface area contributed by atoms with Gasteiger partial charge in [0.2, 0.25) is 0 Å². The Bertz CT molecular complexity index is 578. The Morgan fingerprint density at radius 1 is 1.26 bits per heavy atom. The van der Waals surface area contributed by atoms with Crippen LogP contribution >= 0.6 is 11.8 Å². The molecule has 2 nitrogen and oxygen atoms in total. The molecule has 4 heteroatoms. The Labute approximate surface area is 116 Å². The molecule has 0 saturated carbocycles. The molecule has 0 fully saturated rings. The van der Waals surface area contributed by atoms with Gasteiger partial charge in [0, 0.05) is 5.69 Å². The normalized spacial score (nSPS) is 12.5. The fourth-order valence-electron chi connectivity index (χ4n) is 1.92. The highest BCUT2D eigenvalue weighted by Gasteiger charge is 2.14. The van der Waals surface area contributed by atoms with E-state index >= 15 is 0 Å². The Morgan fingerprint density at radius 2 is 2.00 bits per heavy atom. The lowest BCUT2D eigenvalue weighted by Gasteiger charge is -2.12. The first-order valence-corrected chi connectivity index (χ1v) is 6.88. The van der Waals surface area contributed by atoms with Gasteiger partial charge in [0.15, 0.2) is 0 Å². The van der Waals surface area contributed by atoms with Gasteiger partial charge in [-0.15, -0.1) is 0 Å². The number of pyridine rings is 1. The van der Waals surface area contributed by atoms with Gasteiger partial charge in [-0.3, -0.25) is 0 Å². The zero-order valence-electron chi connectivity index (χ0n) is 11.1. The van der Waals surface area contributed by atoms with Gasteiger partial charge in [0.25, 0.3) is 0 Å². The van der Waals surface area contributed by atoms with E-state index in [0.717, 1.165) is 16.3 Å². The highest BCUT2D eigenvalue weighted by atomic mass is 32.2. The summed E-state index contributed by atoms with van der Waals surface area (Å²) in [4.78, 5) is 4.83. The van der Waals surface area contributed by atoms with Crippen LogP contribution in [-0.2, 0) is 0 Å². The number of hydrogen-bond acceptors (Lipinski definition) is 3. The van der Waals surface area contributed by atoms with Crippen molar-refractivity contribution in [3.8, 4) is 0 Å². The van der Waals surface area contributed by atoms with E-state index in [0.29, 0.717) is 10.5 Å². The summed E-state index contributed by atoms with van der Waals surface area (Å²) in [5.41, 5.74) is 2.58. The molecule has 100 valence electrons. The monoisotopic (exact) mass is 277 g/mol. The van der Waals surface area contributed by atoms with Crippen LogP contribution in [0.4, 0.5) is 4.39 Å². The predicted octanol–water partition coefficient (Wildman–Crippen LogP) is 4.04. The molecule has 0 saturated heterocycles. The highest BCUT2D eigenvalue weighted by molar-refractivity contribution is 7.99. The van der Waals surface area contributed by atoms with Crippen molar-refractivity contribution in [1.29, 1.82) is 0 Å². The summed E-state index contributed by atoms with van der Waals surface area (Å²) >= 11 is 1.25. The molecule has 0 spiro atoms. The van der Waals surface area contributed by atoms with Gasteiger partial charge in [0.05, 0.1) is 11.0 Å². The molecule has 0 aliphatic heterocycles. The molecule has 0 radical (unpaired) electrons. The molecule has 1 heterocycles. The second kappa shape index (κ2) is 5.72. The lowest BCUT2D eigenvalue weighted by molar-refractivity contribution is 0.195. The van der Waals surface area contributed by atoms with Gasteiger partial charge in [-0.2, -0.15) is 0 Å². The molecular formula is C15H16FNOS. The van der Waals surface area contributed by atoms with Crippen molar-refractivity contribution in [2.24, 2.45) is 0 Å². The summed E-state index contributed by atoms with van der Waals surface area (Å²) in [6, 6.07) is 8.63. The SMILES string of the molecule is Cc1cc(C)nc(Sc2c(F)cccc2[C@H](C)O)c1. The number of hydrogen-bond donors (Lipinski definition) is 1. The summed E-state index contributed by atoms with van der Waals surface area (Å²) in [7, 11) is 0. The van der Waals surface area contributed by atoms with Crippen LogP contribution in [0, 0.1) is 19.7 Å². The average molecular weight is 277 g/mol. The third-order valence-corrected chi connectivity index (χ3v) is 3.78. The maximum atomic E-state index is 13.9. The summed E-state index contributed by atoms with van der Waals surface area (Å²) in [5.74, 6) is -0.329. The van der Waals surface area contributed by atoms with Crippen molar-refractivity contribution in [1.82, 2.24) is 4.98 Å². The number of aliphatic hydroxyl groups excluding tert-OH is 1. The van der Waals surface area contributed by atoms with Crippen molar-refractivity contribution in [2.75, 3.05) is 0 Å². The topological polar surface area (TPSA) is 33.1 Å². The van der Waals surface area contributed by atoms with Gasteiger partial charge in [-0.1, -0.05) is 23.9 Å². The van der Waals surface area contributed by atoms with E-state index in [9.17, 15) is 9.50 Å². The Balaban J connectivity index is 2.42. The molecule has 0 unspecified atom stereocenters. The van der Waals surface area contributed by atoms with Crippen LogP contribution in [0.5, 0.6) is 0 Å². The molecule has 2 aromatic rings. The first kappa shape index (κ1) is 14.0. The Kier molecular flexibility index (Phi) is 4.22. The maximum absolute atomic E-state index is 13.9. The van der Waals surface area contributed by atoms with Crippen LogP contribution in [0.3, 0.4) is 0 Å². The number of rotatable bonds is 3. The third-order valence-electron chi connectivity index (χ3n) is 2.73. The average Bonchev–Trinajstić information content (AvgIpc) is 2.30. The van der Waals surface area contributed by atoms with Gasteiger partial charge in [0.1, 0.15) is 10.8 Å². The van der Waals surface area contributed by atoms with Crippen LogP contribution in [-0.4, -0.2) is 10.1 Å². The number of halogens is 1.